The molecule has 21 heavy (non-hydrogen) atoms. The van der Waals surface area contributed by atoms with Crippen molar-refractivity contribution in [3.8, 4) is 0 Å². The van der Waals surface area contributed by atoms with Gasteiger partial charge in [-0.1, -0.05) is 0 Å². The van der Waals surface area contributed by atoms with E-state index in [2.05, 4.69) is 10.0 Å². The summed E-state index contributed by atoms with van der Waals surface area (Å²) in [7, 11) is -3.95. The normalized spacial score (nSPS) is 24.4. The van der Waals surface area contributed by atoms with E-state index in [1.54, 1.807) is 0 Å². The van der Waals surface area contributed by atoms with E-state index in [-0.39, 0.29) is 18.5 Å². The lowest BCUT2D eigenvalue weighted by Gasteiger charge is -2.20. The Morgan fingerprint density at radius 2 is 2.05 bits per heavy atom. The number of hydrogen-bond acceptors (Lipinski definition) is 3. The lowest BCUT2D eigenvalue weighted by atomic mass is 10.0. The zero-order valence-corrected chi connectivity index (χ0v) is 13.0. The van der Waals surface area contributed by atoms with Crippen molar-refractivity contribution in [1.29, 1.82) is 0 Å². The van der Waals surface area contributed by atoms with Crippen LogP contribution in [0.4, 0.5) is 13.6 Å². The minimum atomic E-state index is -3.95. The number of halogens is 2. The molecule has 1 saturated heterocycles. The second-order valence-corrected chi connectivity index (χ2v) is 8.20. The van der Waals surface area contributed by atoms with Gasteiger partial charge in [-0.25, -0.2) is 26.7 Å². The summed E-state index contributed by atoms with van der Waals surface area (Å²) in [6.45, 7) is 3.19. The maximum atomic E-state index is 13.4. The molecule has 0 bridgehead atoms. The van der Waals surface area contributed by atoms with Gasteiger partial charge >= 0.3 is 6.03 Å². The number of hydrogen-bond donors (Lipinski definition) is 2. The smallest absolute Gasteiger partial charge is 0.317 e. The van der Waals surface area contributed by atoms with Crippen LogP contribution in [0.15, 0.2) is 0 Å². The third kappa shape index (κ3) is 4.03. The van der Waals surface area contributed by atoms with Crippen LogP contribution in [-0.2, 0) is 10.0 Å². The van der Waals surface area contributed by atoms with Gasteiger partial charge in [-0.05, 0) is 26.7 Å². The summed E-state index contributed by atoms with van der Waals surface area (Å²) in [6, 6.07) is -2.36. The Balaban J connectivity index is 1.95. The highest BCUT2D eigenvalue weighted by molar-refractivity contribution is 7.89. The molecule has 122 valence electrons. The zero-order valence-electron chi connectivity index (χ0n) is 12.2. The second kappa shape index (κ2) is 5.35. The Morgan fingerprint density at radius 1 is 1.43 bits per heavy atom. The SMILES string of the molecule is CC(C)(F)CNC(=O)N1CC(NS(=O)(=O)CF)C2(CC2)C1. The van der Waals surface area contributed by atoms with Crippen molar-refractivity contribution in [2.45, 2.75) is 38.4 Å². The number of amides is 2. The number of urea groups is 1. The van der Waals surface area contributed by atoms with Gasteiger partial charge in [0.25, 0.3) is 0 Å². The van der Waals surface area contributed by atoms with E-state index in [1.807, 2.05) is 0 Å². The predicted octanol–water partition coefficient (Wildman–Crippen LogP) is 0.755. The second-order valence-electron chi connectivity index (χ2n) is 6.51. The van der Waals surface area contributed by atoms with Crippen molar-refractivity contribution in [3.63, 3.8) is 0 Å². The van der Waals surface area contributed by atoms with Crippen LogP contribution < -0.4 is 10.0 Å². The number of nitrogens with one attached hydrogen (secondary N) is 2. The van der Waals surface area contributed by atoms with Gasteiger partial charge in [0.15, 0.2) is 0 Å². The fourth-order valence-corrected chi connectivity index (χ4v) is 3.42. The minimum Gasteiger partial charge on any atom is -0.335 e. The third-order valence-corrected chi connectivity index (χ3v) is 4.88. The molecule has 6 nitrogen and oxygen atoms in total. The molecule has 1 heterocycles. The van der Waals surface area contributed by atoms with Gasteiger partial charge in [-0.2, -0.15) is 0 Å². The average molecular weight is 325 g/mol. The van der Waals surface area contributed by atoms with Gasteiger partial charge in [-0.15, -0.1) is 0 Å². The summed E-state index contributed by atoms with van der Waals surface area (Å²) in [5.41, 5.74) is -1.80. The number of alkyl halides is 2. The fourth-order valence-electron chi connectivity index (χ4n) is 2.60. The first-order valence-electron chi connectivity index (χ1n) is 6.85. The monoisotopic (exact) mass is 325 g/mol. The quantitative estimate of drug-likeness (QED) is 0.783. The van der Waals surface area contributed by atoms with Gasteiger partial charge in [0.2, 0.25) is 16.0 Å². The highest BCUT2D eigenvalue weighted by Gasteiger charge is 2.57. The number of rotatable bonds is 5. The minimum absolute atomic E-state index is 0.115. The summed E-state index contributed by atoms with van der Waals surface area (Å²) < 4.78 is 50.8. The van der Waals surface area contributed by atoms with Crippen molar-refractivity contribution >= 4 is 16.1 Å². The Morgan fingerprint density at radius 3 is 2.52 bits per heavy atom. The summed E-state index contributed by atoms with van der Waals surface area (Å²) in [6.07, 6.45) is 1.59. The fraction of sp³-hybridized carbons (Fsp3) is 0.917. The van der Waals surface area contributed by atoms with Gasteiger partial charge in [-0.3, -0.25) is 0 Å². The molecule has 2 aliphatic rings. The lowest BCUT2D eigenvalue weighted by molar-refractivity contribution is 0.182. The summed E-state index contributed by atoms with van der Waals surface area (Å²) in [4.78, 5) is 13.4. The van der Waals surface area contributed by atoms with E-state index >= 15 is 0 Å². The van der Waals surface area contributed by atoms with Gasteiger partial charge < -0.3 is 10.2 Å². The largest absolute Gasteiger partial charge is 0.335 e. The highest BCUT2D eigenvalue weighted by atomic mass is 32.2. The molecule has 0 aromatic rings. The summed E-state index contributed by atoms with van der Waals surface area (Å²) >= 11 is 0. The van der Waals surface area contributed by atoms with Crippen molar-refractivity contribution in [2.75, 3.05) is 25.6 Å². The first kappa shape index (κ1) is 16.4. The molecule has 1 unspecified atom stereocenters. The van der Waals surface area contributed by atoms with E-state index in [9.17, 15) is 22.0 Å². The molecular formula is C12H21F2N3O3S. The molecule has 1 atom stereocenters. The Hall–Kier alpha value is -0.960. The molecule has 0 aromatic carbocycles. The number of carbonyl (C=O) groups is 1. The Bertz CT molecular complexity index is 514. The summed E-state index contributed by atoms with van der Waals surface area (Å²) in [5.74, 6) is 0. The van der Waals surface area contributed by atoms with Crippen LogP contribution >= 0.6 is 0 Å². The highest BCUT2D eigenvalue weighted by Crippen LogP contribution is 2.52. The van der Waals surface area contributed by atoms with E-state index in [4.69, 9.17) is 0 Å². The van der Waals surface area contributed by atoms with E-state index in [0.29, 0.717) is 6.54 Å². The number of carbonyl (C=O) groups excluding carboxylic acids is 1. The zero-order chi connectivity index (χ0) is 15.9. The van der Waals surface area contributed by atoms with Crippen LogP contribution in [0.3, 0.4) is 0 Å². The van der Waals surface area contributed by atoms with Crippen LogP contribution in [0.5, 0.6) is 0 Å². The van der Waals surface area contributed by atoms with Crippen molar-refractivity contribution < 1.29 is 22.0 Å². The molecule has 0 aromatic heterocycles. The molecule has 2 N–H and O–H groups in total. The predicted molar refractivity (Wildman–Crippen MR) is 73.6 cm³/mol. The number of sulfonamides is 1. The van der Waals surface area contributed by atoms with Crippen molar-refractivity contribution in [1.82, 2.24) is 14.9 Å². The standard InChI is InChI=1S/C12H21F2N3O3S/c1-11(2,14)6-15-10(18)17-5-9(12(7-17)3-4-12)16-21(19,20)8-13/h9,16H,3-8H2,1-2H3,(H,15,18). The lowest BCUT2D eigenvalue weighted by Crippen LogP contribution is -2.45. The molecule has 2 fully saturated rings. The molecule has 2 amide bonds. The molecule has 1 aliphatic heterocycles. The topological polar surface area (TPSA) is 78.5 Å². The molecule has 1 aliphatic carbocycles. The Kier molecular flexibility index (Phi) is 4.18. The molecule has 2 rings (SSSR count). The maximum absolute atomic E-state index is 13.4. The van der Waals surface area contributed by atoms with Crippen molar-refractivity contribution in [2.24, 2.45) is 5.41 Å². The average Bonchev–Trinajstić information content (AvgIpc) is 3.05. The van der Waals surface area contributed by atoms with Crippen LogP contribution in [0, 0.1) is 5.41 Å². The molecule has 0 radical (unpaired) electrons. The van der Waals surface area contributed by atoms with Crippen LogP contribution in [0.2, 0.25) is 0 Å². The maximum Gasteiger partial charge on any atom is 0.317 e. The van der Waals surface area contributed by atoms with Crippen molar-refractivity contribution in [3.05, 3.63) is 0 Å². The van der Waals surface area contributed by atoms with Crippen LogP contribution in [0.1, 0.15) is 26.7 Å². The number of nitrogens with zero attached hydrogens (tertiary/aromatic N) is 1. The van der Waals surface area contributed by atoms with Gasteiger partial charge in [0, 0.05) is 24.5 Å². The van der Waals surface area contributed by atoms with E-state index < -0.39 is 33.8 Å². The summed E-state index contributed by atoms with van der Waals surface area (Å²) in [5, 5.41) is 2.49. The molecule has 1 saturated carbocycles. The van der Waals surface area contributed by atoms with Gasteiger partial charge in [0.05, 0.1) is 6.54 Å². The molecule has 1 spiro atoms. The first-order chi connectivity index (χ1) is 9.57. The van der Waals surface area contributed by atoms with E-state index in [0.717, 1.165) is 12.8 Å². The Labute approximate surface area is 123 Å². The van der Waals surface area contributed by atoms with E-state index in [1.165, 1.54) is 18.7 Å². The first-order valence-corrected chi connectivity index (χ1v) is 8.50. The third-order valence-electron chi connectivity index (χ3n) is 3.95. The van der Waals surface area contributed by atoms with Crippen LogP contribution in [-0.4, -0.2) is 56.7 Å². The molecule has 9 heteroatoms. The van der Waals surface area contributed by atoms with Gasteiger partial charge in [0.1, 0.15) is 5.67 Å². The van der Waals surface area contributed by atoms with Crippen LogP contribution in [0.25, 0.3) is 0 Å². The number of likely N-dealkylation sites (tertiary alicyclic amines) is 1. The molecular weight excluding hydrogens is 304 g/mol.